The molecule has 0 radical (unpaired) electrons. The number of halogens is 2. The Hall–Kier alpha value is -3.33. The van der Waals surface area contributed by atoms with Gasteiger partial charge in [0, 0.05) is 25.2 Å². The number of ether oxygens (including phenoxy) is 1. The summed E-state index contributed by atoms with van der Waals surface area (Å²) >= 11 is 12.1. The van der Waals surface area contributed by atoms with Crippen molar-refractivity contribution in [3.05, 3.63) is 81.5 Å². The monoisotopic (exact) mass is 485 g/mol. The highest BCUT2D eigenvalue weighted by molar-refractivity contribution is 6.42. The molecule has 0 aliphatic heterocycles. The van der Waals surface area contributed by atoms with Crippen LogP contribution in [0.3, 0.4) is 0 Å². The van der Waals surface area contributed by atoms with Crippen LogP contribution in [-0.2, 0) is 13.2 Å². The van der Waals surface area contributed by atoms with E-state index in [0.717, 1.165) is 27.6 Å². The van der Waals surface area contributed by atoms with Gasteiger partial charge >= 0.3 is 0 Å². The number of fused-ring (bicyclic) bond motifs is 1. The van der Waals surface area contributed by atoms with E-state index >= 15 is 0 Å². The molecule has 1 heterocycles. The van der Waals surface area contributed by atoms with Crippen molar-refractivity contribution < 1.29 is 14.2 Å². The molecule has 4 N–H and O–H groups in total. The van der Waals surface area contributed by atoms with Crippen molar-refractivity contribution in [2.24, 2.45) is 0 Å². The molecule has 33 heavy (non-hydrogen) atoms. The second-order valence-electron chi connectivity index (χ2n) is 7.23. The van der Waals surface area contributed by atoms with E-state index in [1.807, 2.05) is 30.3 Å². The predicted octanol–water partition coefficient (Wildman–Crippen LogP) is 4.21. The Balaban J connectivity index is 1.41. The van der Waals surface area contributed by atoms with Gasteiger partial charge < -0.3 is 21.1 Å². The minimum atomic E-state index is -0.439. The number of carbonyl (C=O) groups excluding carboxylic acids is 1. The number of amides is 1. The molecule has 0 atom stereocenters. The highest BCUT2D eigenvalue weighted by Crippen LogP contribution is 2.29. The molecule has 170 valence electrons. The molecule has 10 heteroatoms. The average Bonchev–Trinajstić information content (AvgIpc) is 3.26. The zero-order valence-corrected chi connectivity index (χ0v) is 19.0. The zero-order valence-electron chi connectivity index (χ0n) is 17.5. The summed E-state index contributed by atoms with van der Waals surface area (Å²) in [5.41, 5.74) is 7.44. The van der Waals surface area contributed by atoms with E-state index in [9.17, 15) is 4.79 Å². The summed E-state index contributed by atoms with van der Waals surface area (Å²) in [6.45, 7) is 1.79. The molecule has 0 spiro atoms. The number of nitrogens with zero attached hydrogens (tertiary/aromatic N) is 2. The minimum absolute atomic E-state index is 0.0259. The largest absolute Gasteiger partial charge is 0.489 e. The van der Waals surface area contributed by atoms with Crippen LogP contribution in [0.2, 0.25) is 10.0 Å². The lowest BCUT2D eigenvalue weighted by Gasteiger charge is -2.15. The SMILES string of the molecule is Nc1nonc1C(=O)NCCNCc1c(OCc2ccc(Cl)c(Cl)c2)ccc2ccccc12. The lowest BCUT2D eigenvalue weighted by atomic mass is 10.0. The van der Waals surface area contributed by atoms with Crippen LogP contribution in [0.1, 0.15) is 21.6 Å². The Morgan fingerprint density at radius 1 is 1.03 bits per heavy atom. The van der Waals surface area contributed by atoms with Gasteiger partial charge in [0.1, 0.15) is 12.4 Å². The topological polar surface area (TPSA) is 115 Å². The molecule has 1 amide bonds. The first-order chi connectivity index (χ1) is 16.0. The number of hydrogen-bond acceptors (Lipinski definition) is 7. The van der Waals surface area contributed by atoms with Crippen LogP contribution in [0.25, 0.3) is 10.8 Å². The number of rotatable bonds is 9. The standard InChI is InChI=1S/C23H21Cl2N5O3/c24-18-7-5-14(11-19(18)25)13-32-20-8-6-15-3-1-2-4-16(15)17(20)12-27-9-10-28-23(31)21-22(26)30-33-29-21/h1-8,11,27H,9-10,12-13H2,(H2,26,30)(H,28,31). The molecule has 1 aromatic heterocycles. The van der Waals surface area contributed by atoms with Gasteiger partial charge in [-0.1, -0.05) is 59.6 Å². The van der Waals surface area contributed by atoms with Crippen LogP contribution < -0.4 is 21.1 Å². The van der Waals surface area contributed by atoms with Gasteiger partial charge in [0.05, 0.1) is 10.0 Å². The van der Waals surface area contributed by atoms with Crippen LogP contribution in [0, 0.1) is 0 Å². The van der Waals surface area contributed by atoms with Gasteiger partial charge in [-0.2, -0.15) is 0 Å². The number of nitrogens with one attached hydrogen (secondary N) is 2. The summed E-state index contributed by atoms with van der Waals surface area (Å²) in [7, 11) is 0. The second kappa shape index (κ2) is 10.5. The van der Waals surface area contributed by atoms with Crippen LogP contribution in [0.5, 0.6) is 5.75 Å². The Labute approximate surface area is 200 Å². The molecule has 0 aliphatic carbocycles. The first-order valence-electron chi connectivity index (χ1n) is 10.2. The van der Waals surface area contributed by atoms with E-state index in [1.165, 1.54) is 0 Å². The molecule has 0 fully saturated rings. The highest BCUT2D eigenvalue weighted by atomic mass is 35.5. The van der Waals surface area contributed by atoms with Crippen molar-refractivity contribution >= 4 is 45.7 Å². The third-order valence-corrected chi connectivity index (χ3v) is 5.73. The normalized spacial score (nSPS) is 11.0. The average molecular weight is 486 g/mol. The molecule has 4 aromatic rings. The Bertz CT molecular complexity index is 1280. The van der Waals surface area contributed by atoms with E-state index in [1.54, 1.807) is 12.1 Å². The van der Waals surface area contributed by atoms with Gasteiger partial charge in [-0.15, -0.1) is 0 Å². The van der Waals surface area contributed by atoms with Crippen LogP contribution in [-0.4, -0.2) is 29.3 Å². The highest BCUT2D eigenvalue weighted by Gasteiger charge is 2.15. The maximum Gasteiger partial charge on any atom is 0.277 e. The van der Waals surface area contributed by atoms with Gasteiger partial charge in [0.15, 0.2) is 0 Å². The smallest absolute Gasteiger partial charge is 0.277 e. The van der Waals surface area contributed by atoms with Gasteiger partial charge in [0.2, 0.25) is 11.5 Å². The van der Waals surface area contributed by atoms with E-state index in [2.05, 4.69) is 37.7 Å². The number of anilines is 1. The first-order valence-corrected chi connectivity index (χ1v) is 10.9. The van der Waals surface area contributed by atoms with Crippen molar-refractivity contribution in [1.29, 1.82) is 0 Å². The van der Waals surface area contributed by atoms with E-state index < -0.39 is 5.91 Å². The molecule has 0 aliphatic rings. The molecule has 8 nitrogen and oxygen atoms in total. The molecule has 0 unspecified atom stereocenters. The van der Waals surface area contributed by atoms with E-state index in [4.69, 9.17) is 33.7 Å². The summed E-state index contributed by atoms with van der Waals surface area (Å²) in [4.78, 5) is 12.0. The van der Waals surface area contributed by atoms with Crippen molar-refractivity contribution in [2.45, 2.75) is 13.2 Å². The maximum absolute atomic E-state index is 12.0. The van der Waals surface area contributed by atoms with Gasteiger partial charge in [-0.3, -0.25) is 4.79 Å². The number of nitrogens with two attached hydrogens (primary N) is 1. The van der Waals surface area contributed by atoms with E-state index in [0.29, 0.717) is 36.3 Å². The molecule has 0 bridgehead atoms. The summed E-state index contributed by atoms with van der Waals surface area (Å²) in [5, 5.41) is 16.1. The number of nitrogen functional groups attached to an aromatic ring is 1. The number of benzene rings is 3. The fourth-order valence-corrected chi connectivity index (χ4v) is 3.66. The molecule has 0 saturated heterocycles. The minimum Gasteiger partial charge on any atom is -0.489 e. The Morgan fingerprint density at radius 2 is 1.88 bits per heavy atom. The summed E-state index contributed by atoms with van der Waals surface area (Å²) < 4.78 is 10.6. The van der Waals surface area contributed by atoms with E-state index in [-0.39, 0.29) is 11.5 Å². The Kier molecular flexibility index (Phi) is 7.29. The fourth-order valence-electron chi connectivity index (χ4n) is 3.34. The van der Waals surface area contributed by atoms with Crippen molar-refractivity contribution in [1.82, 2.24) is 20.9 Å². The lowest BCUT2D eigenvalue weighted by Crippen LogP contribution is -2.32. The van der Waals surface area contributed by atoms with Gasteiger partial charge in [-0.05, 0) is 44.8 Å². The fraction of sp³-hybridized carbons (Fsp3) is 0.174. The number of aromatic nitrogens is 2. The van der Waals surface area contributed by atoms with Crippen molar-refractivity contribution in [3.63, 3.8) is 0 Å². The van der Waals surface area contributed by atoms with Gasteiger partial charge in [-0.25, -0.2) is 4.63 Å². The molecule has 4 rings (SSSR count). The molecule has 0 saturated carbocycles. The summed E-state index contributed by atoms with van der Waals surface area (Å²) in [5.74, 6) is 0.282. The molecule has 3 aromatic carbocycles. The first kappa shape index (κ1) is 22.8. The quantitative estimate of drug-likeness (QED) is 0.304. The Morgan fingerprint density at radius 3 is 2.67 bits per heavy atom. The third kappa shape index (κ3) is 5.54. The third-order valence-electron chi connectivity index (χ3n) is 4.99. The zero-order chi connectivity index (χ0) is 23.2. The second-order valence-corrected chi connectivity index (χ2v) is 8.05. The van der Waals surface area contributed by atoms with Crippen molar-refractivity contribution in [2.75, 3.05) is 18.8 Å². The van der Waals surface area contributed by atoms with Crippen LogP contribution >= 0.6 is 23.2 Å². The number of carbonyl (C=O) groups is 1. The van der Waals surface area contributed by atoms with Crippen molar-refractivity contribution in [3.8, 4) is 5.75 Å². The predicted molar refractivity (Wildman–Crippen MR) is 127 cm³/mol. The maximum atomic E-state index is 12.0. The molecular formula is C23H21Cl2N5O3. The van der Waals surface area contributed by atoms with Crippen LogP contribution in [0.4, 0.5) is 5.82 Å². The summed E-state index contributed by atoms with van der Waals surface area (Å²) in [6.07, 6.45) is 0. The van der Waals surface area contributed by atoms with Gasteiger partial charge in [0.25, 0.3) is 5.91 Å². The number of hydrogen-bond donors (Lipinski definition) is 3. The molecular weight excluding hydrogens is 465 g/mol. The lowest BCUT2D eigenvalue weighted by molar-refractivity contribution is 0.0944. The van der Waals surface area contributed by atoms with Crippen LogP contribution in [0.15, 0.2) is 59.2 Å². The summed E-state index contributed by atoms with van der Waals surface area (Å²) in [6, 6.07) is 17.5.